The highest BCUT2D eigenvalue weighted by molar-refractivity contribution is 6.68. The van der Waals surface area contributed by atoms with E-state index in [1.807, 2.05) is 86.7 Å². The van der Waals surface area contributed by atoms with Crippen molar-refractivity contribution in [1.82, 2.24) is 14.7 Å². The SMILES string of the molecule is CN(C)C.Cc1nn(-c2ccccc2)c(C(=O)Cl)c1N=Nc1ccccc1. The topological polar surface area (TPSA) is 62.9 Å². The Morgan fingerprint density at radius 2 is 1.48 bits per heavy atom. The van der Waals surface area contributed by atoms with Crippen LogP contribution in [-0.2, 0) is 0 Å². The van der Waals surface area contributed by atoms with Crippen LogP contribution in [0.25, 0.3) is 5.69 Å². The molecule has 2 aromatic carbocycles. The molecule has 0 aliphatic heterocycles. The Labute approximate surface area is 164 Å². The Morgan fingerprint density at radius 1 is 0.963 bits per heavy atom. The summed E-state index contributed by atoms with van der Waals surface area (Å²) in [5.41, 5.74) is 2.58. The Kier molecular flexibility index (Phi) is 7.40. The van der Waals surface area contributed by atoms with Gasteiger partial charge in [0.05, 0.1) is 17.1 Å². The van der Waals surface area contributed by atoms with E-state index >= 15 is 0 Å². The first-order valence-electron chi connectivity index (χ1n) is 8.32. The van der Waals surface area contributed by atoms with Gasteiger partial charge in [0.2, 0.25) is 0 Å². The van der Waals surface area contributed by atoms with Gasteiger partial charge >= 0.3 is 0 Å². The predicted molar refractivity (Wildman–Crippen MR) is 109 cm³/mol. The van der Waals surface area contributed by atoms with Crippen molar-refractivity contribution in [1.29, 1.82) is 0 Å². The van der Waals surface area contributed by atoms with Gasteiger partial charge in [0.25, 0.3) is 5.24 Å². The number of halogens is 1. The quantitative estimate of drug-likeness (QED) is 0.462. The fourth-order valence-electron chi connectivity index (χ4n) is 2.17. The first-order valence-corrected chi connectivity index (χ1v) is 8.70. The van der Waals surface area contributed by atoms with Crippen LogP contribution in [0.2, 0.25) is 0 Å². The van der Waals surface area contributed by atoms with Crippen LogP contribution < -0.4 is 0 Å². The van der Waals surface area contributed by atoms with Crippen LogP contribution in [0.3, 0.4) is 0 Å². The van der Waals surface area contributed by atoms with Crippen molar-refractivity contribution < 1.29 is 4.79 Å². The third-order valence-electron chi connectivity index (χ3n) is 3.24. The third-order valence-corrected chi connectivity index (χ3v) is 3.42. The van der Waals surface area contributed by atoms with Gasteiger partial charge in [-0.25, -0.2) is 4.68 Å². The molecule has 0 fully saturated rings. The number of para-hydroxylation sites is 1. The first kappa shape index (κ1) is 20.5. The monoisotopic (exact) mass is 383 g/mol. The zero-order valence-electron chi connectivity index (χ0n) is 15.8. The number of azo groups is 1. The minimum absolute atomic E-state index is 0.204. The van der Waals surface area contributed by atoms with Gasteiger partial charge in [-0.3, -0.25) is 4.79 Å². The van der Waals surface area contributed by atoms with Crippen LogP contribution in [0.1, 0.15) is 16.2 Å². The summed E-state index contributed by atoms with van der Waals surface area (Å²) in [6.07, 6.45) is 0. The van der Waals surface area contributed by atoms with Gasteiger partial charge in [-0.2, -0.15) is 10.2 Å². The molecule has 27 heavy (non-hydrogen) atoms. The average molecular weight is 384 g/mol. The molecule has 0 saturated heterocycles. The van der Waals surface area contributed by atoms with Crippen molar-refractivity contribution in [3.63, 3.8) is 0 Å². The fraction of sp³-hybridized carbons (Fsp3) is 0.200. The molecule has 0 spiro atoms. The maximum absolute atomic E-state index is 11.9. The molecule has 140 valence electrons. The zero-order chi connectivity index (χ0) is 19.8. The molecule has 3 aromatic rings. The number of carbonyl (C=O) groups excluding carboxylic acids is 1. The van der Waals surface area contributed by atoms with E-state index in [1.165, 1.54) is 4.68 Å². The van der Waals surface area contributed by atoms with Gasteiger partial charge in [0, 0.05) is 0 Å². The van der Waals surface area contributed by atoms with E-state index in [-0.39, 0.29) is 5.69 Å². The maximum atomic E-state index is 11.9. The fourth-order valence-corrected chi connectivity index (χ4v) is 2.34. The number of aromatic nitrogens is 2. The van der Waals surface area contributed by atoms with Gasteiger partial charge in [0.1, 0.15) is 5.69 Å². The van der Waals surface area contributed by atoms with Crippen LogP contribution in [0, 0.1) is 6.92 Å². The lowest BCUT2D eigenvalue weighted by molar-refractivity contribution is 0.107. The van der Waals surface area contributed by atoms with Gasteiger partial charge in [-0.15, -0.1) is 5.11 Å². The van der Waals surface area contributed by atoms with Crippen LogP contribution in [-0.4, -0.2) is 41.1 Å². The zero-order valence-corrected chi connectivity index (χ0v) is 16.6. The highest BCUT2D eigenvalue weighted by Crippen LogP contribution is 2.29. The van der Waals surface area contributed by atoms with Gasteiger partial charge in [-0.1, -0.05) is 36.4 Å². The highest BCUT2D eigenvalue weighted by Gasteiger charge is 2.21. The lowest BCUT2D eigenvalue weighted by Crippen LogP contribution is -2.04. The Bertz CT molecular complexity index is 902. The number of benzene rings is 2. The van der Waals surface area contributed by atoms with E-state index in [0.29, 0.717) is 17.1 Å². The molecule has 0 saturated carbocycles. The number of rotatable bonds is 4. The molecular weight excluding hydrogens is 362 g/mol. The number of hydrogen-bond acceptors (Lipinski definition) is 5. The van der Waals surface area contributed by atoms with Crippen molar-refractivity contribution >= 4 is 28.2 Å². The van der Waals surface area contributed by atoms with Crippen LogP contribution in [0.15, 0.2) is 70.9 Å². The maximum Gasteiger partial charge on any atom is 0.273 e. The standard InChI is InChI=1S/C17H13ClN4O.C3H9N/c1-12-15(20-19-13-8-4-2-5-9-13)16(17(18)23)22(21-12)14-10-6-3-7-11-14;1-4(2)3/h2-11H,1H3;1-3H3. The van der Waals surface area contributed by atoms with Crippen molar-refractivity contribution in [2.45, 2.75) is 6.92 Å². The highest BCUT2D eigenvalue weighted by atomic mass is 35.5. The van der Waals surface area contributed by atoms with E-state index in [4.69, 9.17) is 11.6 Å². The lowest BCUT2D eigenvalue weighted by atomic mass is 10.3. The minimum atomic E-state index is -0.628. The minimum Gasteiger partial charge on any atom is -0.312 e. The second-order valence-corrected chi connectivity index (χ2v) is 6.52. The van der Waals surface area contributed by atoms with Gasteiger partial charge < -0.3 is 4.90 Å². The van der Waals surface area contributed by atoms with Crippen molar-refractivity contribution in [2.24, 2.45) is 10.2 Å². The molecule has 0 aliphatic carbocycles. The molecule has 6 nitrogen and oxygen atoms in total. The van der Waals surface area contributed by atoms with Gasteiger partial charge in [-0.05, 0) is 63.9 Å². The second kappa shape index (κ2) is 9.75. The van der Waals surface area contributed by atoms with E-state index in [2.05, 4.69) is 15.3 Å². The molecule has 7 heteroatoms. The van der Waals surface area contributed by atoms with Crippen molar-refractivity contribution in [3.05, 3.63) is 72.1 Å². The number of carbonyl (C=O) groups is 1. The number of aryl methyl sites for hydroxylation is 1. The Hall–Kier alpha value is -2.83. The van der Waals surface area contributed by atoms with Crippen LogP contribution >= 0.6 is 11.6 Å². The van der Waals surface area contributed by atoms with Gasteiger partial charge in [0.15, 0.2) is 5.69 Å². The summed E-state index contributed by atoms with van der Waals surface area (Å²) in [6, 6.07) is 18.6. The summed E-state index contributed by atoms with van der Waals surface area (Å²) in [4.78, 5) is 13.9. The normalized spacial score (nSPS) is 10.7. The van der Waals surface area contributed by atoms with E-state index in [1.54, 1.807) is 6.92 Å². The molecule has 0 aliphatic rings. The van der Waals surface area contributed by atoms with E-state index < -0.39 is 5.24 Å². The molecule has 1 heterocycles. The molecular formula is C20H22ClN5O. The van der Waals surface area contributed by atoms with Crippen molar-refractivity contribution in [3.8, 4) is 5.69 Å². The molecule has 0 radical (unpaired) electrons. The largest absolute Gasteiger partial charge is 0.312 e. The first-order chi connectivity index (χ1) is 12.9. The molecule has 0 unspecified atom stereocenters. The predicted octanol–water partition coefficient (Wildman–Crippen LogP) is 5.15. The number of hydrogen-bond donors (Lipinski definition) is 0. The summed E-state index contributed by atoms with van der Waals surface area (Å²) < 4.78 is 1.49. The molecule has 0 atom stereocenters. The van der Waals surface area contributed by atoms with Crippen LogP contribution in [0.5, 0.6) is 0 Å². The molecule has 3 rings (SSSR count). The van der Waals surface area contributed by atoms with Crippen molar-refractivity contribution in [2.75, 3.05) is 21.1 Å². The molecule has 0 bridgehead atoms. The summed E-state index contributed by atoms with van der Waals surface area (Å²) in [5.74, 6) is 0. The molecule has 1 aromatic heterocycles. The summed E-state index contributed by atoms with van der Waals surface area (Å²) in [5, 5.41) is 12.1. The summed E-state index contributed by atoms with van der Waals surface area (Å²) in [7, 11) is 6.00. The third kappa shape index (κ3) is 5.84. The van der Waals surface area contributed by atoms with Crippen LogP contribution in [0.4, 0.5) is 11.4 Å². The smallest absolute Gasteiger partial charge is 0.273 e. The Balaban J connectivity index is 0.000000596. The average Bonchev–Trinajstić information content (AvgIpc) is 2.98. The summed E-state index contributed by atoms with van der Waals surface area (Å²) in [6.45, 7) is 1.77. The second-order valence-electron chi connectivity index (χ2n) is 6.18. The van der Waals surface area contributed by atoms with E-state index in [9.17, 15) is 4.79 Å². The lowest BCUT2D eigenvalue weighted by Gasteiger charge is -2.03. The molecule has 0 N–H and O–H groups in total. The van der Waals surface area contributed by atoms with E-state index in [0.717, 1.165) is 5.69 Å². The molecule has 0 amide bonds. The summed E-state index contributed by atoms with van der Waals surface area (Å²) >= 11 is 5.76. The Morgan fingerprint density at radius 3 is 2.00 bits per heavy atom. The number of nitrogens with zero attached hydrogens (tertiary/aromatic N) is 5.